The fraction of sp³-hybridized carbons (Fsp3) is 0.364. The number of imidazole rings is 1. The van der Waals surface area contributed by atoms with Crippen molar-refractivity contribution in [1.82, 2.24) is 25.6 Å². The number of aliphatic carboxylic acids is 1. The molecule has 0 fully saturated rings. The lowest BCUT2D eigenvalue weighted by molar-refractivity contribution is -0.142. The van der Waals surface area contributed by atoms with Crippen LogP contribution in [0.5, 0.6) is 0 Å². The molecule has 0 bridgehead atoms. The molecule has 0 aliphatic rings. The number of hydrogen-bond donors (Lipinski definition) is 6. The topological polar surface area (TPSA) is 166 Å². The largest absolute Gasteiger partial charge is 0.480 e. The highest BCUT2D eigenvalue weighted by Crippen LogP contribution is 2.19. The van der Waals surface area contributed by atoms with Crippen molar-refractivity contribution in [1.29, 1.82) is 0 Å². The number of hydrogen-bond acceptors (Lipinski definition) is 6. The number of thioether (sulfide) groups is 1. The van der Waals surface area contributed by atoms with Crippen LogP contribution in [0.3, 0.4) is 0 Å². The number of H-pyrrole nitrogens is 2. The zero-order chi connectivity index (χ0) is 23.8. The third-order valence-electron chi connectivity index (χ3n) is 5.29. The van der Waals surface area contributed by atoms with Gasteiger partial charge in [0.2, 0.25) is 11.8 Å². The summed E-state index contributed by atoms with van der Waals surface area (Å²) in [4.78, 5) is 47.5. The third kappa shape index (κ3) is 6.59. The zero-order valence-electron chi connectivity index (χ0n) is 18.2. The highest BCUT2D eigenvalue weighted by Gasteiger charge is 2.29. The molecule has 3 atom stereocenters. The monoisotopic (exact) mass is 472 g/mol. The van der Waals surface area contributed by atoms with Gasteiger partial charge in [-0.25, -0.2) is 9.78 Å². The molecule has 33 heavy (non-hydrogen) atoms. The molecule has 1 aromatic carbocycles. The molecule has 3 aromatic rings. The number of nitrogens with zero attached hydrogens (tertiary/aromatic N) is 1. The minimum atomic E-state index is -1.12. The third-order valence-corrected chi connectivity index (χ3v) is 5.93. The average molecular weight is 473 g/mol. The van der Waals surface area contributed by atoms with Crippen LogP contribution in [0, 0.1) is 0 Å². The number of amides is 2. The number of fused-ring (bicyclic) bond motifs is 1. The van der Waals surface area contributed by atoms with Crippen molar-refractivity contribution in [2.45, 2.75) is 37.4 Å². The molecule has 2 heterocycles. The Morgan fingerprint density at radius 1 is 1.12 bits per heavy atom. The number of aromatic amines is 2. The van der Waals surface area contributed by atoms with Gasteiger partial charge in [-0.1, -0.05) is 18.2 Å². The number of para-hydroxylation sites is 1. The van der Waals surface area contributed by atoms with Gasteiger partial charge in [0.25, 0.3) is 0 Å². The van der Waals surface area contributed by atoms with Crippen molar-refractivity contribution in [3.8, 4) is 0 Å². The molecule has 7 N–H and O–H groups in total. The number of nitrogens with one attached hydrogen (secondary N) is 4. The van der Waals surface area contributed by atoms with E-state index >= 15 is 0 Å². The highest BCUT2D eigenvalue weighted by atomic mass is 32.2. The van der Waals surface area contributed by atoms with Gasteiger partial charge in [-0.2, -0.15) is 11.8 Å². The van der Waals surface area contributed by atoms with Crippen LogP contribution in [0.1, 0.15) is 17.7 Å². The van der Waals surface area contributed by atoms with Gasteiger partial charge in [-0.05, 0) is 30.1 Å². The molecule has 0 aliphatic carbocycles. The van der Waals surface area contributed by atoms with Gasteiger partial charge in [-0.3, -0.25) is 9.59 Å². The van der Waals surface area contributed by atoms with Crippen molar-refractivity contribution >= 4 is 40.4 Å². The maximum atomic E-state index is 13.1. The van der Waals surface area contributed by atoms with Crippen LogP contribution in [0.25, 0.3) is 10.9 Å². The maximum Gasteiger partial charge on any atom is 0.326 e. The molecule has 0 radical (unpaired) electrons. The van der Waals surface area contributed by atoms with Gasteiger partial charge in [0.05, 0.1) is 12.4 Å². The summed E-state index contributed by atoms with van der Waals surface area (Å²) in [7, 11) is 0. The van der Waals surface area contributed by atoms with E-state index in [1.165, 1.54) is 18.1 Å². The van der Waals surface area contributed by atoms with E-state index in [1.54, 1.807) is 12.4 Å². The molecule has 0 aliphatic heterocycles. The van der Waals surface area contributed by atoms with Gasteiger partial charge in [0, 0.05) is 41.8 Å². The smallest absolute Gasteiger partial charge is 0.326 e. The van der Waals surface area contributed by atoms with Crippen molar-refractivity contribution < 1.29 is 19.5 Å². The van der Waals surface area contributed by atoms with Gasteiger partial charge in [0.1, 0.15) is 12.1 Å². The number of rotatable bonds is 12. The second-order valence-corrected chi connectivity index (χ2v) is 8.68. The summed E-state index contributed by atoms with van der Waals surface area (Å²) in [5.41, 5.74) is 8.46. The molecule has 3 rings (SSSR count). The minimum Gasteiger partial charge on any atom is -0.480 e. The number of carbonyl (C=O) groups is 3. The molecule has 2 aromatic heterocycles. The first-order chi connectivity index (χ1) is 15.9. The molecule has 0 saturated heterocycles. The van der Waals surface area contributed by atoms with Crippen LogP contribution in [-0.4, -0.2) is 68.0 Å². The minimum absolute atomic E-state index is 0.174. The lowest BCUT2D eigenvalue weighted by Crippen LogP contribution is -2.55. The SMILES string of the molecule is CSCC[C@H](NC(=O)[C@H](Cc1c[nH]c2ccccc12)NC(=O)[C@@H](N)Cc1cnc[nH]1)C(=O)O. The molecule has 10 nitrogen and oxygen atoms in total. The lowest BCUT2D eigenvalue weighted by Gasteiger charge is -2.23. The van der Waals surface area contributed by atoms with Crippen molar-refractivity contribution in [2.75, 3.05) is 12.0 Å². The molecular weight excluding hydrogens is 444 g/mol. The highest BCUT2D eigenvalue weighted by molar-refractivity contribution is 7.98. The Kier molecular flexibility index (Phi) is 8.50. The summed E-state index contributed by atoms with van der Waals surface area (Å²) < 4.78 is 0. The summed E-state index contributed by atoms with van der Waals surface area (Å²) in [6.45, 7) is 0. The van der Waals surface area contributed by atoms with E-state index in [1.807, 2.05) is 30.5 Å². The van der Waals surface area contributed by atoms with Crippen LogP contribution < -0.4 is 16.4 Å². The molecular formula is C22H28N6O4S. The first-order valence-corrected chi connectivity index (χ1v) is 11.9. The zero-order valence-corrected chi connectivity index (χ0v) is 19.0. The van der Waals surface area contributed by atoms with E-state index in [0.717, 1.165) is 16.5 Å². The maximum absolute atomic E-state index is 13.1. The Morgan fingerprint density at radius 3 is 2.58 bits per heavy atom. The van der Waals surface area contributed by atoms with E-state index in [0.29, 0.717) is 11.4 Å². The summed E-state index contributed by atoms with van der Waals surface area (Å²) in [6, 6.07) is 4.65. The predicted molar refractivity (Wildman–Crippen MR) is 127 cm³/mol. The van der Waals surface area contributed by atoms with E-state index in [9.17, 15) is 19.5 Å². The van der Waals surface area contributed by atoms with E-state index in [4.69, 9.17) is 5.73 Å². The first kappa shape index (κ1) is 24.3. The van der Waals surface area contributed by atoms with Crippen molar-refractivity contribution in [2.24, 2.45) is 5.73 Å². The van der Waals surface area contributed by atoms with Gasteiger partial charge in [0.15, 0.2) is 0 Å². The summed E-state index contributed by atoms with van der Waals surface area (Å²) in [5.74, 6) is -1.63. The van der Waals surface area contributed by atoms with E-state index in [2.05, 4.69) is 25.6 Å². The van der Waals surface area contributed by atoms with Crippen LogP contribution in [0.15, 0.2) is 43.0 Å². The first-order valence-electron chi connectivity index (χ1n) is 10.5. The molecule has 0 saturated carbocycles. The Morgan fingerprint density at radius 2 is 1.88 bits per heavy atom. The molecule has 0 spiro atoms. The summed E-state index contributed by atoms with van der Waals surface area (Å²) >= 11 is 1.49. The van der Waals surface area contributed by atoms with Gasteiger partial charge >= 0.3 is 5.97 Å². The normalized spacial score (nSPS) is 13.9. The lowest BCUT2D eigenvalue weighted by atomic mass is 10.0. The average Bonchev–Trinajstić information content (AvgIpc) is 3.45. The summed E-state index contributed by atoms with van der Waals surface area (Å²) in [5, 5.41) is 15.7. The van der Waals surface area contributed by atoms with Gasteiger partial charge < -0.3 is 31.4 Å². The molecule has 0 unspecified atom stereocenters. The standard InChI is InChI=1S/C22H28N6O4S/c1-33-7-6-18(22(31)32)27-21(30)19(8-13-10-25-17-5-3-2-4-15(13)17)28-20(29)16(23)9-14-11-24-12-26-14/h2-5,10-12,16,18-19,25H,6-9,23H2,1H3,(H,24,26)(H,27,30)(H,28,29)(H,31,32)/t16-,18-,19-/m0/s1. The Balaban J connectivity index is 1.77. The van der Waals surface area contributed by atoms with Crippen molar-refractivity contribution in [3.63, 3.8) is 0 Å². The molecule has 11 heteroatoms. The number of carbonyl (C=O) groups excluding carboxylic acids is 2. The fourth-order valence-corrected chi connectivity index (χ4v) is 3.97. The second-order valence-electron chi connectivity index (χ2n) is 7.69. The fourth-order valence-electron chi connectivity index (χ4n) is 3.50. The molecule has 176 valence electrons. The van der Waals surface area contributed by atoms with Crippen LogP contribution in [-0.2, 0) is 27.2 Å². The second kappa shape index (κ2) is 11.5. The number of carboxylic acid groups (broad SMARTS) is 1. The van der Waals surface area contributed by atoms with Gasteiger partial charge in [-0.15, -0.1) is 0 Å². The number of aromatic nitrogens is 3. The van der Waals surface area contributed by atoms with Crippen LogP contribution >= 0.6 is 11.8 Å². The number of nitrogens with two attached hydrogens (primary N) is 1. The molecule has 2 amide bonds. The predicted octanol–water partition coefficient (Wildman–Crippen LogP) is 0.811. The van der Waals surface area contributed by atoms with E-state index < -0.39 is 35.9 Å². The summed E-state index contributed by atoms with van der Waals surface area (Å²) in [6.07, 6.45) is 7.38. The van der Waals surface area contributed by atoms with Crippen LogP contribution in [0.4, 0.5) is 0 Å². The quantitative estimate of drug-likeness (QED) is 0.227. The Hall–Kier alpha value is -3.31. The van der Waals surface area contributed by atoms with E-state index in [-0.39, 0.29) is 19.3 Å². The number of benzene rings is 1. The Bertz CT molecular complexity index is 1080. The Labute approximate surface area is 195 Å². The van der Waals surface area contributed by atoms with Crippen molar-refractivity contribution in [3.05, 3.63) is 54.2 Å². The van der Waals surface area contributed by atoms with Crippen LogP contribution in [0.2, 0.25) is 0 Å². The number of carboxylic acids is 1.